The molecule has 1 aromatic heterocycles. The molecule has 20 heavy (non-hydrogen) atoms. The molecule has 0 fully saturated rings. The number of halogens is 2. The molecule has 3 nitrogen and oxygen atoms in total. The molecule has 1 unspecified atom stereocenters. The lowest BCUT2D eigenvalue weighted by Crippen LogP contribution is -2.37. The molecule has 0 aliphatic rings. The van der Waals surface area contributed by atoms with E-state index >= 15 is 0 Å². The summed E-state index contributed by atoms with van der Waals surface area (Å²) < 4.78 is 13.4. The van der Waals surface area contributed by atoms with E-state index in [4.69, 9.17) is 17.4 Å². The zero-order valence-corrected chi connectivity index (χ0v) is 11.8. The van der Waals surface area contributed by atoms with Crippen LogP contribution in [0.2, 0.25) is 5.02 Å². The fourth-order valence-electron chi connectivity index (χ4n) is 2.06. The first-order valence-corrected chi connectivity index (χ1v) is 6.87. The van der Waals surface area contributed by atoms with Gasteiger partial charge in [-0.05, 0) is 49.1 Å². The minimum Gasteiger partial charge on any atom is -0.271 e. The summed E-state index contributed by atoms with van der Waals surface area (Å²) in [6, 6.07) is 10.7. The minimum absolute atomic E-state index is 0.0672. The fraction of sp³-hybridized carbons (Fsp3) is 0.267. The van der Waals surface area contributed by atoms with E-state index in [0.717, 1.165) is 24.1 Å². The molecule has 2 aromatic rings. The highest BCUT2D eigenvalue weighted by atomic mass is 35.5. The quantitative estimate of drug-likeness (QED) is 0.636. The maximum atomic E-state index is 13.4. The zero-order valence-electron chi connectivity index (χ0n) is 11.0. The lowest BCUT2D eigenvalue weighted by atomic mass is 10.0. The van der Waals surface area contributed by atoms with Crippen molar-refractivity contribution in [2.75, 3.05) is 0 Å². The van der Waals surface area contributed by atoms with Gasteiger partial charge in [0.05, 0.1) is 5.02 Å². The second kappa shape index (κ2) is 7.33. The predicted molar refractivity (Wildman–Crippen MR) is 78.8 cm³/mol. The number of nitrogens with one attached hydrogen (secondary N) is 1. The molecule has 0 spiro atoms. The number of aromatic nitrogens is 1. The maximum absolute atomic E-state index is 13.4. The summed E-state index contributed by atoms with van der Waals surface area (Å²) in [5.41, 5.74) is 4.67. The number of nitrogens with zero attached hydrogens (tertiary/aromatic N) is 1. The van der Waals surface area contributed by atoms with Crippen LogP contribution in [0.1, 0.15) is 17.7 Å². The Bertz CT molecular complexity index is 548. The van der Waals surface area contributed by atoms with E-state index in [-0.39, 0.29) is 11.1 Å². The van der Waals surface area contributed by atoms with Gasteiger partial charge in [0.2, 0.25) is 0 Å². The van der Waals surface area contributed by atoms with Crippen LogP contribution in [0.25, 0.3) is 0 Å². The summed E-state index contributed by atoms with van der Waals surface area (Å²) in [5, 5.41) is 0.138. The van der Waals surface area contributed by atoms with Crippen LogP contribution < -0.4 is 11.3 Å². The van der Waals surface area contributed by atoms with Gasteiger partial charge in [-0.2, -0.15) is 0 Å². The Balaban J connectivity index is 1.93. The molecule has 0 saturated carbocycles. The third-order valence-corrected chi connectivity index (χ3v) is 3.48. The van der Waals surface area contributed by atoms with Gasteiger partial charge in [0.25, 0.3) is 0 Å². The Morgan fingerprint density at radius 1 is 1.30 bits per heavy atom. The number of benzene rings is 1. The Morgan fingerprint density at radius 2 is 2.15 bits per heavy atom. The van der Waals surface area contributed by atoms with Gasteiger partial charge in [0.15, 0.2) is 0 Å². The molecule has 106 valence electrons. The summed E-state index contributed by atoms with van der Waals surface area (Å²) in [6.07, 6.45) is 4.08. The average Bonchev–Trinajstić information content (AvgIpc) is 2.48. The Kier molecular flexibility index (Phi) is 5.47. The van der Waals surface area contributed by atoms with Crippen molar-refractivity contribution in [3.8, 4) is 0 Å². The van der Waals surface area contributed by atoms with Gasteiger partial charge in [0, 0.05) is 17.9 Å². The molecule has 2 rings (SSSR count). The van der Waals surface area contributed by atoms with Crippen LogP contribution in [-0.2, 0) is 12.8 Å². The topological polar surface area (TPSA) is 50.9 Å². The van der Waals surface area contributed by atoms with Crippen molar-refractivity contribution in [3.63, 3.8) is 0 Å². The van der Waals surface area contributed by atoms with Gasteiger partial charge >= 0.3 is 0 Å². The third-order valence-electron chi connectivity index (χ3n) is 3.18. The Hall–Kier alpha value is -1.49. The second-order valence-electron chi connectivity index (χ2n) is 4.68. The fourth-order valence-corrected chi connectivity index (χ4v) is 2.18. The van der Waals surface area contributed by atoms with E-state index in [1.807, 2.05) is 24.3 Å². The number of nitrogens with two attached hydrogens (primary N) is 1. The Labute approximate surface area is 122 Å². The van der Waals surface area contributed by atoms with E-state index in [0.29, 0.717) is 6.42 Å². The van der Waals surface area contributed by atoms with Crippen LogP contribution in [0.15, 0.2) is 42.6 Å². The first kappa shape index (κ1) is 14.9. The van der Waals surface area contributed by atoms with Gasteiger partial charge in [-0.15, -0.1) is 0 Å². The molecular formula is C15H17ClFN3. The number of rotatable bonds is 6. The van der Waals surface area contributed by atoms with Crippen molar-refractivity contribution in [1.82, 2.24) is 10.4 Å². The lowest BCUT2D eigenvalue weighted by Gasteiger charge is -2.15. The monoisotopic (exact) mass is 293 g/mol. The predicted octanol–water partition coefficient (Wildman–Crippen LogP) is 2.88. The minimum atomic E-state index is -0.398. The second-order valence-corrected chi connectivity index (χ2v) is 5.08. The van der Waals surface area contributed by atoms with E-state index < -0.39 is 5.82 Å². The lowest BCUT2D eigenvalue weighted by molar-refractivity contribution is 0.488. The normalized spacial score (nSPS) is 12.3. The maximum Gasteiger partial charge on any atom is 0.142 e. The highest BCUT2D eigenvalue weighted by Crippen LogP contribution is 2.17. The van der Waals surface area contributed by atoms with Crippen molar-refractivity contribution in [3.05, 3.63) is 64.7 Å². The summed E-state index contributed by atoms with van der Waals surface area (Å²) in [7, 11) is 0. The largest absolute Gasteiger partial charge is 0.271 e. The van der Waals surface area contributed by atoms with Crippen molar-refractivity contribution >= 4 is 11.6 Å². The molecule has 3 N–H and O–H groups in total. The SMILES string of the molecule is NNC(CCc1ccccn1)Cc1ccc(Cl)c(F)c1. The first-order valence-electron chi connectivity index (χ1n) is 6.49. The molecule has 1 heterocycles. The van der Waals surface area contributed by atoms with Crippen molar-refractivity contribution < 1.29 is 4.39 Å². The molecule has 1 atom stereocenters. The van der Waals surface area contributed by atoms with Gasteiger partial charge in [0.1, 0.15) is 5.82 Å². The van der Waals surface area contributed by atoms with E-state index in [9.17, 15) is 4.39 Å². The number of hydrazine groups is 1. The van der Waals surface area contributed by atoms with Crippen LogP contribution in [0, 0.1) is 5.82 Å². The summed E-state index contributed by atoms with van der Waals surface area (Å²) in [5.74, 6) is 5.16. The van der Waals surface area contributed by atoms with Crippen LogP contribution in [-0.4, -0.2) is 11.0 Å². The van der Waals surface area contributed by atoms with E-state index in [1.54, 1.807) is 12.3 Å². The van der Waals surface area contributed by atoms with Crippen molar-refractivity contribution in [2.45, 2.75) is 25.3 Å². The molecule has 0 saturated heterocycles. The summed E-state index contributed by atoms with van der Waals surface area (Å²) >= 11 is 5.67. The first-order chi connectivity index (χ1) is 9.69. The average molecular weight is 294 g/mol. The highest BCUT2D eigenvalue weighted by molar-refractivity contribution is 6.30. The van der Waals surface area contributed by atoms with Gasteiger partial charge < -0.3 is 0 Å². The molecule has 1 aromatic carbocycles. The van der Waals surface area contributed by atoms with Gasteiger partial charge in [-0.25, -0.2) is 4.39 Å². The number of hydrogen-bond acceptors (Lipinski definition) is 3. The Morgan fingerprint density at radius 3 is 2.80 bits per heavy atom. The highest BCUT2D eigenvalue weighted by Gasteiger charge is 2.10. The summed E-state index contributed by atoms with van der Waals surface area (Å²) in [4.78, 5) is 4.27. The number of hydrogen-bond donors (Lipinski definition) is 2. The molecular weight excluding hydrogens is 277 g/mol. The summed E-state index contributed by atoms with van der Waals surface area (Å²) in [6.45, 7) is 0. The van der Waals surface area contributed by atoms with Crippen LogP contribution in [0.3, 0.4) is 0 Å². The van der Waals surface area contributed by atoms with Crippen LogP contribution >= 0.6 is 11.6 Å². The zero-order chi connectivity index (χ0) is 14.4. The number of pyridine rings is 1. The van der Waals surface area contributed by atoms with Gasteiger partial charge in [-0.1, -0.05) is 23.7 Å². The number of aryl methyl sites for hydroxylation is 1. The van der Waals surface area contributed by atoms with E-state index in [2.05, 4.69) is 10.4 Å². The van der Waals surface area contributed by atoms with Crippen molar-refractivity contribution in [1.29, 1.82) is 0 Å². The van der Waals surface area contributed by atoms with Crippen molar-refractivity contribution in [2.24, 2.45) is 5.84 Å². The molecule has 0 bridgehead atoms. The molecule has 0 aliphatic heterocycles. The molecule has 0 amide bonds. The molecule has 0 radical (unpaired) electrons. The van der Waals surface area contributed by atoms with Gasteiger partial charge in [-0.3, -0.25) is 16.3 Å². The smallest absolute Gasteiger partial charge is 0.142 e. The van der Waals surface area contributed by atoms with Crippen LogP contribution in [0.5, 0.6) is 0 Å². The van der Waals surface area contributed by atoms with Crippen LogP contribution in [0.4, 0.5) is 4.39 Å². The molecule has 5 heteroatoms. The standard InChI is InChI=1S/C15H17ClFN3/c16-14-7-4-11(10-15(14)17)9-13(20-18)6-5-12-3-1-2-8-19-12/h1-4,7-8,10,13,20H,5-6,9,18H2. The third kappa shape index (κ3) is 4.27. The van der Waals surface area contributed by atoms with E-state index in [1.165, 1.54) is 6.07 Å². The molecule has 0 aliphatic carbocycles.